The first-order chi connectivity index (χ1) is 9.66. The van der Waals surface area contributed by atoms with Crippen LogP contribution in [0.4, 0.5) is 13.2 Å². The molecule has 0 saturated carbocycles. The highest BCUT2D eigenvalue weighted by Crippen LogP contribution is 2.31. The molecule has 0 saturated heterocycles. The maximum absolute atomic E-state index is 12.6. The number of hydrogen-bond acceptors (Lipinski definition) is 5. The zero-order chi connectivity index (χ0) is 15.7. The van der Waals surface area contributed by atoms with Crippen molar-refractivity contribution in [2.75, 3.05) is 0 Å². The number of rotatable bonds is 4. The first kappa shape index (κ1) is 15.3. The first-order valence-corrected chi connectivity index (χ1v) is 6.08. The summed E-state index contributed by atoms with van der Waals surface area (Å²) in [4.78, 5) is 4.02. The molecule has 0 aliphatic rings. The lowest BCUT2D eigenvalue weighted by Crippen LogP contribution is -2.30. The molecule has 8 heteroatoms. The Labute approximate surface area is 118 Å². The van der Waals surface area contributed by atoms with Crippen molar-refractivity contribution in [3.05, 3.63) is 41.5 Å². The van der Waals surface area contributed by atoms with Crippen LogP contribution in [0.1, 0.15) is 31.1 Å². The number of nitrogens with two attached hydrogens (primary N) is 1. The number of hydrogen-bond donors (Lipinski definition) is 1. The molecule has 0 atom stereocenters. The minimum atomic E-state index is -4.42. The van der Waals surface area contributed by atoms with Crippen molar-refractivity contribution in [3.8, 4) is 5.75 Å². The maximum atomic E-state index is 12.6. The number of nitrogens with zero attached hydrogens (tertiary/aromatic N) is 2. The summed E-state index contributed by atoms with van der Waals surface area (Å²) < 4.78 is 47.8. The predicted molar refractivity (Wildman–Crippen MR) is 67.3 cm³/mol. The molecular weight excluding hydrogens is 287 g/mol. The number of benzene rings is 1. The lowest BCUT2D eigenvalue weighted by Gasteiger charge is -2.11. The molecule has 1 heterocycles. The molecular formula is C13H14F3N3O2. The smallest absolute Gasteiger partial charge is 0.416 e. The maximum Gasteiger partial charge on any atom is 0.416 e. The molecule has 0 bridgehead atoms. The predicted octanol–water partition coefficient (Wildman–Crippen LogP) is 2.86. The second-order valence-corrected chi connectivity index (χ2v) is 5.05. The standard InChI is InChI=1S/C13H14F3N3O2/c1-12(2,17)11-18-10(21-19-11)7-20-9-5-3-4-8(6-9)13(14,15)16/h3-6H,7,17H2,1-2H3. The summed E-state index contributed by atoms with van der Waals surface area (Å²) in [6, 6.07) is 4.55. The van der Waals surface area contributed by atoms with Crippen molar-refractivity contribution in [2.24, 2.45) is 5.73 Å². The highest BCUT2D eigenvalue weighted by molar-refractivity contribution is 5.30. The van der Waals surface area contributed by atoms with Crippen molar-refractivity contribution in [3.63, 3.8) is 0 Å². The summed E-state index contributed by atoms with van der Waals surface area (Å²) in [6.07, 6.45) is -4.42. The van der Waals surface area contributed by atoms with E-state index in [1.807, 2.05) is 0 Å². The van der Waals surface area contributed by atoms with Gasteiger partial charge in [0.05, 0.1) is 11.1 Å². The number of halogens is 3. The van der Waals surface area contributed by atoms with Gasteiger partial charge in [-0.15, -0.1) is 0 Å². The van der Waals surface area contributed by atoms with Crippen LogP contribution in [-0.2, 0) is 18.3 Å². The molecule has 2 aromatic rings. The van der Waals surface area contributed by atoms with Gasteiger partial charge >= 0.3 is 6.18 Å². The topological polar surface area (TPSA) is 74.2 Å². The average Bonchev–Trinajstić information content (AvgIpc) is 2.84. The summed E-state index contributed by atoms with van der Waals surface area (Å²) in [6.45, 7) is 3.27. The molecule has 1 aromatic carbocycles. The number of aromatic nitrogens is 2. The zero-order valence-corrected chi connectivity index (χ0v) is 11.4. The summed E-state index contributed by atoms with van der Waals surface area (Å²) in [7, 11) is 0. The molecule has 2 rings (SSSR count). The quantitative estimate of drug-likeness (QED) is 0.940. The SMILES string of the molecule is CC(C)(N)c1noc(COc2cccc(C(F)(F)F)c2)n1. The Morgan fingerprint density at radius 1 is 1.29 bits per heavy atom. The van der Waals surface area contributed by atoms with Crippen LogP contribution in [0.5, 0.6) is 5.75 Å². The third-order valence-electron chi connectivity index (χ3n) is 2.57. The van der Waals surface area contributed by atoms with Gasteiger partial charge in [0.2, 0.25) is 0 Å². The van der Waals surface area contributed by atoms with Gasteiger partial charge in [0.1, 0.15) is 5.75 Å². The van der Waals surface area contributed by atoms with E-state index in [2.05, 4.69) is 10.1 Å². The van der Waals surface area contributed by atoms with Gasteiger partial charge in [-0.2, -0.15) is 18.2 Å². The van der Waals surface area contributed by atoms with Crippen molar-refractivity contribution in [2.45, 2.75) is 32.2 Å². The van der Waals surface area contributed by atoms with Crippen LogP contribution in [0.3, 0.4) is 0 Å². The van der Waals surface area contributed by atoms with E-state index in [0.29, 0.717) is 5.82 Å². The van der Waals surface area contributed by atoms with Crippen molar-refractivity contribution in [1.29, 1.82) is 0 Å². The molecule has 114 valence electrons. The van der Waals surface area contributed by atoms with E-state index in [0.717, 1.165) is 12.1 Å². The lowest BCUT2D eigenvalue weighted by atomic mass is 10.1. The fraction of sp³-hybridized carbons (Fsp3) is 0.385. The van der Waals surface area contributed by atoms with E-state index in [-0.39, 0.29) is 18.2 Å². The minimum Gasteiger partial charge on any atom is -0.484 e. The Balaban J connectivity index is 2.05. The van der Waals surface area contributed by atoms with Crippen LogP contribution in [0.2, 0.25) is 0 Å². The van der Waals surface area contributed by atoms with Gasteiger partial charge < -0.3 is 15.0 Å². The molecule has 1 aromatic heterocycles. The van der Waals surface area contributed by atoms with E-state index >= 15 is 0 Å². The van der Waals surface area contributed by atoms with Gasteiger partial charge in [-0.1, -0.05) is 11.2 Å². The molecule has 0 spiro atoms. The Bertz CT molecular complexity index is 618. The summed E-state index contributed by atoms with van der Waals surface area (Å²) in [5.74, 6) is 0.502. The summed E-state index contributed by atoms with van der Waals surface area (Å²) in [5, 5.41) is 3.69. The molecule has 0 fully saturated rings. The fourth-order valence-electron chi connectivity index (χ4n) is 1.48. The highest BCUT2D eigenvalue weighted by Gasteiger charge is 2.30. The molecule has 0 amide bonds. The van der Waals surface area contributed by atoms with Gasteiger partial charge in [0.15, 0.2) is 12.4 Å². The van der Waals surface area contributed by atoms with E-state index in [4.69, 9.17) is 15.0 Å². The van der Waals surface area contributed by atoms with Crippen molar-refractivity contribution >= 4 is 0 Å². The fourth-order valence-corrected chi connectivity index (χ4v) is 1.48. The van der Waals surface area contributed by atoms with Gasteiger partial charge in [-0.3, -0.25) is 0 Å². The summed E-state index contributed by atoms with van der Waals surface area (Å²) >= 11 is 0. The molecule has 0 unspecified atom stereocenters. The minimum absolute atomic E-state index is 0.0663. The van der Waals surface area contributed by atoms with Crippen LogP contribution < -0.4 is 10.5 Å². The first-order valence-electron chi connectivity index (χ1n) is 6.08. The molecule has 0 aliphatic carbocycles. The zero-order valence-electron chi connectivity index (χ0n) is 11.4. The molecule has 0 aliphatic heterocycles. The van der Waals surface area contributed by atoms with Gasteiger partial charge in [0.25, 0.3) is 5.89 Å². The van der Waals surface area contributed by atoms with E-state index < -0.39 is 17.3 Å². The Morgan fingerprint density at radius 3 is 2.57 bits per heavy atom. The van der Waals surface area contributed by atoms with E-state index in [1.165, 1.54) is 12.1 Å². The Hall–Kier alpha value is -2.09. The summed E-state index contributed by atoms with van der Waals surface area (Å²) in [5.41, 5.74) is 4.25. The van der Waals surface area contributed by atoms with Crippen LogP contribution in [0.25, 0.3) is 0 Å². The second-order valence-electron chi connectivity index (χ2n) is 5.05. The molecule has 21 heavy (non-hydrogen) atoms. The van der Waals surface area contributed by atoms with Crippen LogP contribution in [0.15, 0.2) is 28.8 Å². The van der Waals surface area contributed by atoms with Crippen molar-refractivity contribution < 1.29 is 22.4 Å². The molecule has 0 radical (unpaired) electrons. The van der Waals surface area contributed by atoms with Gasteiger partial charge in [0, 0.05) is 0 Å². The third-order valence-corrected chi connectivity index (χ3v) is 2.57. The Morgan fingerprint density at radius 2 is 2.00 bits per heavy atom. The monoisotopic (exact) mass is 301 g/mol. The van der Waals surface area contributed by atoms with Gasteiger partial charge in [-0.05, 0) is 32.0 Å². The largest absolute Gasteiger partial charge is 0.484 e. The average molecular weight is 301 g/mol. The van der Waals surface area contributed by atoms with Crippen LogP contribution >= 0.6 is 0 Å². The third kappa shape index (κ3) is 3.94. The van der Waals surface area contributed by atoms with Crippen LogP contribution in [-0.4, -0.2) is 10.1 Å². The Kier molecular flexibility index (Phi) is 3.91. The molecule has 2 N–H and O–H groups in total. The molecule has 5 nitrogen and oxygen atoms in total. The number of alkyl halides is 3. The number of ether oxygens (including phenoxy) is 1. The van der Waals surface area contributed by atoms with Crippen molar-refractivity contribution in [1.82, 2.24) is 10.1 Å². The highest BCUT2D eigenvalue weighted by atomic mass is 19.4. The lowest BCUT2D eigenvalue weighted by molar-refractivity contribution is -0.137. The second kappa shape index (κ2) is 5.36. The van der Waals surface area contributed by atoms with Crippen LogP contribution in [0, 0.1) is 0 Å². The normalized spacial score (nSPS) is 12.5. The van der Waals surface area contributed by atoms with Gasteiger partial charge in [-0.25, -0.2) is 0 Å². The van der Waals surface area contributed by atoms with E-state index in [9.17, 15) is 13.2 Å². The van der Waals surface area contributed by atoms with E-state index in [1.54, 1.807) is 13.8 Å².